The summed E-state index contributed by atoms with van der Waals surface area (Å²) >= 11 is 0. The van der Waals surface area contributed by atoms with E-state index >= 15 is 0 Å². The van der Waals surface area contributed by atoms with Gasteiger partial charge in [-0.1, -0.05) is 12.1 Å². The minimum Gasteiger partial charge on any atom is -0.497 e. The van der Waals surface area contributed by atoms with Crippen LogP contribution >= 0.6 is 0 Å². The fraction of sp³-hybridized carbons (Fsp3) is 0.350. The molecule has 2 N–H and O–H groups in total. The van der Waals surface area contributed by atoms with Crippen LogP contribution in [0.5, 0.6) is 5.75 Å². The van der Waals surface area contributed by atoms with E-state index in [1.807, 2.05) is 38.1 Å². The van der Waals surface area contributed by atoms with Crippen molar-refractivity contribution in [1.29, 1.82) is 0 Å². The third kappa shape index (κ3) is 3.96. The Bertz CT molecular complexity index is 760. The number of carbonyl (C=O) groups is 1. The van der Waals surface area contributed by atoms with Gasteiger partial charge in [0, 0.05) is 11.6 Å². The summed E-state index contributed by atoms with van der Waals surface area (Å²) in [7, 11) is 1.63. The Balaban J connectivity index is 1.73. The van der Waals surface area contributed by atoms with E-state index in [0.717, 1.165) is 11.3 Å². The highest BCUT2D eigenvalue weighted by molar-refractivity contribution is 5.89. The van der Waals surface area contributed by atoms with Gasteiger partial charge < -0.3 is 20.1 Å². The molecule has 6 heteroatoms. The zero-order valence-electron chi connectivity index (χ0n) is 15.1. The number of rotatable bonds is 4. The third-order valence-electron chi connectivity index (χ3n) is 4.72. The molecule has 2 atom stereocenters. The third-order valence-corrected chi connectivity index (χ3v) is 4.72. The average molecular weight is 358 g/mol. The van der Waals surface area contributed by atoms with Gasteiger partial charge in [-0.3, -0.25) is 0 Å². The van der Waals surface area contributed by atoms with Crippen molar-refractivity contribution in [2.24, 2.45) is 0 Å². The van der Waals surface area contributed by atoms with Gasteiger partial charge in [-0.15, -0.1) is 0 Å². The zero-order chi connectivity index (χ0) is 18.7. The van der Waals surface area contributed by atoms with Crippen molar-refractivity contribution in [3.63, 3.8) is 0 Å². The molecule has 2 aromatic rings. The van der Waals surface area contributed by atoms with Crippen molar-refractivity contribution in [1.82, 2.24) is 5.32 Å². The molecule has 0 aliphatic carbocycles. The Hall–Kier alpha value is -2.60. The van der Waals surface area contributed by atoms with Crippen LogP contribution in [0.15, 0.2) is 48.5 Å². The molecule has 0 spiro atoms. The fourth-order valence-electron chi connectivity index (χ4n) is 3.23. The second-order valence-corrected chi connectivity index (χ2v) is 6.88. The van der Waals surface area contributed by atoms with Gasteiger partial charge in [0.05, 0.1) is 25.4 Å². The number of amides is 2. The first-order valence-electron chi connectivity index (χ1n) is 8.50. The van der Waals surface area contributed by atoms with Crippen LogP contribution in [0.2, 0.25) is 0 Å². The normalized spacial score (nSPS) is 21.2. The molecule has 0 radical (unpaired) electrons. The van der Waals surface area contributed by atoms with Gasteiger partial charge in [0.1, 0.15) is 11.6 Å². The summed E-state index contributed by atoms with van der Waals surface area (Å²) in [5.41, 5.74) is 1.09. The smallest absolute Gasteiger partial charge is 0.319 e. The number of ether oxygens (including phenoxy) is 2. The summed E-state index contributed by atoms with van der Waals surface area (Å²) in [6.07, 6.45) is 0. The molecule has 1 fully saturated rings. The second kappa shape index (κ2) is 7.33. The van der Waals surface area contributed by atoms with Crippen molar-refractivity contribution < 1.29 is 18.7 Å². The molecule has 1 aliphatic rings. The highest BCUT2D eigenvalue weighted by Gasteiger charge is 2.44. The van der Waals surface area contributed by atoms with Crippen molar-refractivity contribution in [3.8, 4) is 5.75 Å². The molecule has 2 aromatic carbocycles. The molecule has 1 aliphatic heterocycles. The van der Waals surface area contributed by atoms with E-state index in [0.29, 0.717) is 12.3 Å². The number of carbonyl (C=O) groups excluding carboxylic acids is 1. The zero-order valence-corrected chi connectivity index (χ0v) is 15.1. The van der Waals surface area contributed by atoms with E-state index in [1.165, 1.54) is 24.3 Å². The molecule has 3 rings (SSSR count). The number of nitrogens with one attached hydrogen (secondary N) is 2. The topological polar surface area (TPSA) is 59.6 Å². The van der Waals surface area contributed by atoms with Crippen LogP contribution in [0, 0.1) is 5.82 Å². The number of anilines is 1. The Kier molecular flexibility index (Phi) is 5.13. The highest BCUT2D eigenvalue weighted by atomic mass is 19.1. The van der Waals surface area contributed by atoms with Crippen LogP contribution in [-0.2, 0) is 4.74 Å². The maximum Gasteiger partial charge on any atom is 0.319 e. The highest BCUT2D eigenvalue weighted by Crippen LogP contribution is 2.37. The summed E-state index contributed by atoms with van der Waals surface area (Å²) in [6, 6.07) is 12.9. The number of hydrogen-bond acceptors (Lipinski definition) is 3. The number of halogens is 1. The lowest BCUT2D eigenvalue weighted by molar-refractivity contribution is 0.0237. The minimum atomic E-state index is -0.509. The van der Waals surface area contributed by atoms with Gasteiger partial charge in [0.2, 0.25) is 0 Å². The van der Waals surface area contributed by atoms with Crippen LogP contribution in [-0.4, -0.2) is 31.4 Å². The quantitative estimate of drug-likeness (QED) is 0.871. The molecule has 0 saturated carbocycles. The van der Waals surface area contributed by atoms with Gasteiger partial charge in [-0.05, 0) is 55.8 Å². The molecule has 0 aromatic heterocycles. The summed E-state index contributed by atoms with van der Waals surface area (Å²) in [5, 5.41) is 5.74. The SMILES string of the molecule is COc1ccc(C2COC(C)(C)C2NC(=O)Nc2ccc(F)cc2)cc1. The Morgan fingerprint density at radius 3 is 2.42 bits per heavy atom. The maximum absolute atomic E-state index is 13.0. The molecule has 138 valence electrons. The van der Waals surface area contributed by atoms with E-state index in [4.69, 9.17) is 9.47 Å². The van der Waals surface area contributed by atoms with Crippen LogP contribution in [0.25, 0.3) is 0 Å². The summed E-state index contributed by atoms with van der Waals surface area (Å²) in [5.74, 6) is 0.459. The molecular weight excluding hydrogens is 335 g/mol. The molecule has 26 heavy (non-hydrogen) atoms. The van der Waals surface area contributed by atoms with Crippen LogP contribution in [0.3, 0.4) is 0 Å². The number of urea groups is 1. The maximum atomic E-state index is 13.0. The van der Waals surface area contributed by atoms with Gasteiger partial charge in [-0.25, -0.2) is 9.18 Å². The lowest BCUT2D eigenvalue weighted by Crippen LogP contribution is -2.50. The molecule has 2 unspecified atom stereocenters. The standard InChI is InChI=1S/C20H23FN2O3/c1-20(2)18(23-19(24)22-15-8-6-14(21)7-9-15)17(12-26-20)13-4-10-16(25-3)11-5-13/h4-11,17-18H,12H2,1-3H3,(H2,22,23,24). The van der Waals surface area contributed by atoms with E-state index in [1.54, 1.807) is 7.11 Å². The van der Waals surface area contributed by atoms with E-state index in [-0.39, 0.29) is 23.8 Å². The Morgan fingerprint density at radius 1 is 1.15 bits per heavy atom. The lowest BCUT2D eigenvalue weighted by Gasteiger charge is -2.30. The number of benzene rings is 2. The molecular formula is C20H23FN2O3. The van der Waals surface area contributed by atoms with Crippen molar-refractivity contribution in [2.45, 2.75) is 31.4 Å². The van der Waals surface area contributed by atoms with Crippen molar-refractivity contribution in [2.75, 3.05) is 19.0 Å². The van der Waals surface area contributed by atoms with E-state index in [2.05, 4.69) is 10.6 Å². The molecule has 5 nitrogen and oxygen atoms in total. The van der Waals surface area contributed by atoms with E-state index < -0.39 is 5.60 Å². The Labute approximate surface area is 152 Å². The van der Waals surface area contributed by atoms with Crippen LogP contribution in [0.1, 0.15) is 25.3 Å². The monoisotopic (exact) mass is 358 g/mol. The number of hydrogen-bond donors (Lipinski definition) is 2. The first kappa shape index (κ1) is 18.2. The predicted octanol–water partition coefficient (Wildman–Crippen LogP) is 3.92. The first-order valence-corrected chi connectivity index (χ1v) is 8.50. The predicted molar refractivity (Wildman–Crippen MR) is 98.1 cm³/mol. The van der Waals surface area contributed by atoms with Crippen LogP contribution in [0.4, 0.5) is 14.9 Å². The van der Waals surface area contributed by atoms with Gasteiger partial charge in [0.15, 0.2) is 0 Å². The van der Waals surface area contributed by atoms with Gasteiger partial charge in [0.25, 0.3) is 0 Å². The average Bonchev–Trinajstić information content (AvgIpc) is 2.92. The molecule has 1 saturated heterocycles. The minimum absolute atomic E-state index is 0.0230. The van der Waals surface area contributed by atoms with Gasteiger partial charge in [-0.2, -0.15) is 0 Å². The summed E-state index contributed by atoms with van der Waals surface area (Å²) in [4.78, 5) is 12.4. The molecule has 2 amide bonds. The summed E-state index contributed by atoms with van der Waals surface area (Å²) < 4.78 is 24.1. The van der Waals surface area contributed by atoms with Gasteiger partial charge >= 0.3 is 6.03 Å². The lowest BCUT2D eigenvalue weighted by atomic mass is 9.86. The number of methoxy groups -OCH3 is 1. The van der Waals surface area contributed by atoms with Crippen molar-refractivity contribution in [3.05, 3.63) is 59.9 Å². The van der Waals surface area contributed by atoms with E-state index in [9.17, 15) is 9.18 Å². The summed E-state index contributed by atoms with van der Waals surface area (Å²) in [6.45, 7) is 4.43. The molecule has 0 bridgehead atoms. The largest absolute Gasteiger partial charge is 0.497 e. The van der Waals surface area contributed by atoms with Crippen molar-refractivity contribution >= 4 is 11.7 Å². The van der Waals surface area contributed by atoms with Crippen LogP contribution < -0.4 is 15.4 Å². The Morgan fingerprint density at radius 2 is 1.81 bits per heavy atom. The first-order chi connectivity index (χ1) is 12.4. The molecule has 1 heterocycles. The fourth-order valence-corrected chi connectivity index (χ4v) is 3.23. The second-order valence-electron chi connectivity index (χ2n) is 6.88.